The number of benzene rings is 1. The molecule has 0 unspecified atom stereocenters. The van der Waals surface area contributed by atoms with Crippen LogP contribution in [0.4, 0.5) is 10.5 Å². The highest BCUT2D eigenvalue weighted by molar-refractivity contribution is 5.91. The molecule has 1 aromatic carbocycles. The summed E-state index contributed by atoms with van der Waals surface area (Å²) >= 11 is 0. The predicted molar refractivity (Wildman–Crippen MR) is 117 cm³/mol. The van der Waals surface area contributed by atoms with Gasteiger partial charge in [-0.1, -0.05) is 37.5 Å². The van der Waals surface area contributed by atoms with Gasteiger partial charge in [0.2, 0.25) is 11.8 Å². The summed E-state index contributed by atoms with van der Waals surface area (Å²) in [6, 6.07) is 7.48. The number of amides is 3. The molecule has 0 heterocycles. The van der Waals surface area contributed by atoms with E-state index in [1.165, 1.54) is 19.3 Å². The number of ether oxygens (including phenoxy) is 1. The summed E-state index contributed by atoms with van der Waals surface area (Å²) < 4.78 is 5.13. The zero-order valence-electron chi connectivity index (χ0n) is 18.4. The maximum Gasteiger partial charge on any atom is 0.407 e. The van der Waals surface area contributed by atoms with Gasteiger partial charge in [0.25, 0.3) is 0 Å². The van der Waals surface area contributed by atoms with Crippen LogP contribution in [0.2, 0.25) is 0 Å². The van der Waals surface area contributed by atoms with Crippen LogP contribution in [0.1, 0.15) is 71.3 Å². The summed E-state index contributed by atoms with van der Waals surface area (Å²) in [6.45, 7) is 5.85. The van der Waals surface area contributed by atoms with Gasteiger partial charge in [0, 0.05) is 31.6 Å². The molecule has 1 aliphatic rings. The van der Waals surface area contributed by atoms with Crippen LogP contribution in [0.15, 0.2) is 24.3 Å². The average Bonchev–Trinajstić information content (AvgIpc) is 2.66. The van der Waals surface area contributed by atoms with E-state index >= 15 is 0 Å². The third-order valence-corrected chi connectivity index (χ3v) is 4.99. The topological polar surface area (TPSA) is 96.5 Å². The number of hydrogen-bond acceptors (Lipinski definition) is 4. The molecule has 0 aromatic heterocycles. The van der Waals surface area contributed by atoms with Crippen molar-refractivity contribution in [2.45, 2.75) is 77.9 Å². The van der Waals surface area contributed by atoms with Crippen molar-refractivity contribution >= 4 is 23.6 Å². The van der Waals surface area contributed by atoms with Crippen molar-refractivity contribution in [3.05, 3.63) is 29.8 Å². The highest BCUT2D eigenvalue weighted by atomic mass is 16.6. The molecule has 7 nitrogen and oxygen atoms in total. The SMILES string of the molecule is CC(C)(C)OC(=O)NCCC(=O)NCc1ccccc1NC(=O)CC1CCCCC1. The Morgan fingerprint density at radius 2 is 1.70 bits per heavy atom. The number of rotatable bonds is 8. The molecule has 3 amide bonds. The maximum absolute atomic E-state index is 12.4. The molecule has 1 saturated carbocycles. The van der Waals surface area contributed by atoms with Crippen LogP contribution in [0.5, 0.6) is 0 Å². The number of nitrogens with one attached hydrogen (secondary N) is 3. The summed E-state index contributed by atoms with van der Waals surface area (Å²) in [6.07, 6.45) is 6.11. The third kappa shape index (κ3) is 9.29. The van der Waals surface area contributed by atoms with E-state index in [2.05, 4.69) is 16.0 Å². The molecule has 1 fully saturated rings. The Kier molecular flexibility index (Phi) is 9.15. The molecule has 0 radical (unpaired) electrons. The number of carbonyl (C=O) groups is 3. The predicted octanol–water partition coefficient (Wildman–Crippen LogP) is 4.13. The first kappa shape index (κ1) is 23.7. The lowest BCUT2D eigenvalue weighted by molar-refractivity contribution is -0.121. The minimum absolute atomic E-state index is 0.0298. The number of para-hydroxylation sites is 1. The molecule has 30 heavy (non-hydrogen) atoms. The second kappa shape index (κ2) is 11.6. The zero-order chi connectivity index (χ0) is 22.0. The monoisotopic (exact) mass is 417 g/mol. The molecule has 2 rings (SSSR count). The molecule has 0 bridgehead atoms. The second-order valence-electron chi connectivity index (χ2n) is 8.87. The minimum Gasteiger partial charge on any atom is -0.444 e. The molecule has 0 aliphatic heterocycles. The fourth-order valence-corrected chi connectivity index (χ4v) is 3.53. The van der Waals surface area contributed by atoms with Crippen LogP contribution in [0.25, 0.3) is 0 Å². The van der Waals surface area contributed by atoms with Gasteiger partial charge in [-0.15, -0.1) is 0 Å². The quantitative estimate of drug-likeness (QED) is 0.593. The van der Waals surface area contributed by atoms with Crippen LogP contribution in [-0.2, 0) is 20.9 Å². The molecule has 166 valence electrons. The smallest absolute Gasteiger partial charge is 0.407 e. The lowest BCUT2D eigenvalue weighted by Crippen LogP contribution is -2.35. The molecular weight excluding hydrogens is 382 g/mol. The number of anilines is 1. The first-order chi connectivity index (χ1) is 14.2. The van der Waals surface area contributed by atoms with Gasteiger partial charge in [-0.3, -0.25) is 9.59 Å². The van der Waals surface area contributed by atoms with Gasteiger partial charge in [0.05, 0.1) is 0 Å². The van der Waals surface area contributed by atoms with E-state index in [0.29, 0.717) is 18.9 Å². The van der Waals surface area contributed by atoms with Crippen molar-refractivity contribution in [1.82, 2.24) is 10.6 Å². The fourth-order valence-electron chi connectivity index (χ4n) is 3.53. The Morgan fingerprint density at radius 1 is 1.00 bits per heavy atom. The Labute approximate surface area is 179 Å². The van der Waals surface area contributed by atoms with E-state index in [0.717, 1.165) is 24.1 Å². The molecule has 0 saturated heterocycles. The van der Waals surface area contributed by atoms with Crippen molar-refractivity contribution in [3.63, 3.8) is 0 Å². The molecule has 0 spiro atoms. The largest absolute Gasteiger partial charge is 0.444 e. The van der Waals surface area contributed by atoms with Crippen LogP contribution in [0.3, 0.4) is 0 Å². The van der Waals surface area contributed by atoms with Crippen LogP contribution < -0.4 is 16.0 Å². The Balaban J connectivity index is 1.75. The van der Waals surface area contributed by atoms with E-state index < -0.39 is 11.7 Å². The molecule has 1 aliphatic carbocycles. The molecule has 0 atom stereocenters. The van der Waals surface area contributed by atoms with Crippen molar-refractivity contribution in [3.8, 4) is 0 Å². The highest BCUT2D eigenvalue weighted by Gasteiger charge is 2.18. The summed E-state index contributed by atoms with van der Waals surface area (Å²) in [5, 5.41) is 8.40. The van der Waals surface area contributed by atoms with Crippen molar-refractivity contribution in [2.75, 3.05) is 11.9 Å². The normalized spacial score (nSPS) is 14.6. The van der Waals surface area contributed by atoms with Crippen LogP contribution in [0, 0.1) is 5.92 Å². The first-order valence-electron chi connectivity index (χ1n) is 10.8. The molecule has 1 aromatic rings. The van der Waals surface area contributed by atoms with Crippen LogP contribution >= 0.6 is 0 Å². The van der Waals surface area contributed by atoms with E-state index in [9.17, 15) is 14.4 Å². The summed E-state index contributed by atoms with van der Waals surface area (Å²) in [5.74, 6) is 0.319. The Bertz CT molecular complexity index is 721. The van der Waals surface area contributed by atoms with Gasteiger partial charge < -0.3 is 20.7 Å². The summed E-state index contributed by atoms with van der Waals surface area (Å²) in [4.78, 5) is 36.1. The van der Waals surface area contributed by atoms with Gasteiger partial charge in [-0.05, 0) is 51.2 Å². The summed E-state index contributed by atoms with van der Waals surface area (Å²) in [5.41, 5.74) is 1.01. The van der Waals surface area contributed by atoms with Crippen molar-refractivity contribution < 1.29 is 19.1 Å². The molecule has 7 heteroatoms. The zero-order valence-corrected chi connectivity index (χ0v) is 18.4. The molecular formula is C23H35N3O4. The van der Waals surface area contributed by atoms with E-state index in [1.807, 2.05) is 24.3 Å². The van der Waals surface area contributed by atoms with E-state index in [-0.39, 0.29) is 24.8 Å². The standard InChI is InChI=1S/C23H35N3O4/c1-23(2,3)30-22(29)24-14-13-20(27)25-16-18-11-7-8-12-19(18)26-21(28)15-17-9-5-4-6-10-17/h7-8,11-12,17H,4-6,9-10,13-16H2,1-3H3,(H,24,29)(H,25,27)(H,26,28). The van der Waals surface area contributed by atoms with Gasteiger partial charge in [0.15, 0.2) is 0 Å². The Hall–Kier alpha value is -2.57. The third-order valence-electron chi connectivity index (χ3n) is 4.99. The van der Waals surface area contributed by atoms with Gasteiger partial charge in [0.1, 0.15) is 5.60 Å². The Morgan fingerprint density at radius 3 is 2.40 bits per heavy atom. The van der Waals surface area contributed by atoms with Crippen molar-refractivity contribution in [2.24, 2.45) is 5.92 Å². The minimum atomic E-state index is -0.572. The van der Waals surface area contributed by atoms with Gasteiger partial charge in [-0.25, -0.2) is 4.79 Å². The highest BCUT2D eigenvalue weighted by Crippen LogP contribution is 2.27. The van der Waals surface area contributed by atoms with E-state index in [1.54, 1.807) is 20.8 Å². The van der Waals surface area contributed by atoms with Gasteiger partial charge >= 0.3 is 6.09 Å². The number of alkyl carbamates (subject to hydrolysis) is 1. The van der Waals surface area contributed by atoms with E-state index in [4.69, 9.17) is 4.74 Å². The second-order valence-corrected chi connectivity index (χ2v) is 8.87. The number of hydrogen-bond donors (Lipinski definition) is 3. The maximum atomic E-state index is 12.4. The lowest BCUT2D eigenvalue weighted by Gasteiger charge is -2.21. The first-order valence-corrected chi connectivity index (χ1v) is 10.8. The summed E-state index contributed by atoms with van der Waals surface area (Å²) in [7, 11) is 0. The number of carbonyl (C=O) groups excluding carboxylic acids is 3. The van der Waals surface area contributed by atoms with Gasteiger partial charge in [-0.2, -0.15) is 0 Å². The van der Waals surface area contributed by atoms with Crippen molar-refractivity contribution in [1.29, 1.82) is 0 Å². The van der Waals surface area contributed by atoms with Crippen LogP contribution in [-0.4, -0.2) is 30.1 Å². The lowest BCUT2D eigenvalue weighted by atomic mass is 9.87. The molecule has 3 N–H and O–H groups in total. The average molecular weight is 418 g/mol. The fraction of sp³-hybridized carbons (Fsp3) is 0.609.